The number of benzene rings is 1. The highest BCUT2D eigenvalue weighted by Gasteiger charge is 2.09. The largest absolute Gasteiger partial charge is 0.465 e. The summed E-state index contributed by atoms with van der Waals surface area (Å²) in [6.45, 7) is 0. The first kappa shape index (κ1) is 14.7. The van der Waals surface area contributed by atoms with E-state index >= 15 is 0 Å². The molecule has 0 amide bonds. The van der Waals surface area contributed by atoms with Gasteiger partial charge in [0.15, 0.2) is 5.11 Å². The summed E-state index contributed by atoms with van der Waals surface area (Å²) in [5.41, 5.74) is 8.89. The van der Waals surface area contributed by atoms with Crippen LogP contribution in [-0.4, -0.2) is 24.4 Å². The van der Waals surface area contributed by atoms with Gasteiger partial charge in [-0.3, -0.25) is 5.43 Å². The van der Waals surface area contributed by atoms with E-state index in [4.69, 9.17) is 10.2 Å². The molecule has 7 heteroatoms. The van der Waals surface area contributed by atoms with E-state index in [1.807, 2.05) is 6.07 Å². The summed E-state index contributed by atoms with van der Waals surface area (Å²) in [5.74, 6) is 0.737. The van der Waals surface area contributed by atoms with Gasteiger partial charge in [-0.1, -0.05) is 12.1 Å². The number of furan rings is 1. The van der Waals surface area contributed by atoms with Crippen LogP contribution in [0.5, 0.6) is 0 Å². The number of ether oxygens (including phenoxy) is 1. The van der Waals surface area contributed by atoms with Gasteiger partial charge in [0.25, 0.3) is 0 Å². The highest BCUT2D eigenvalue weighted by Crippen LogP contribution is 2.22. The Bertz CT molecular complexity index is 694. The molecule has 2 aromatic rings. The molecule has 0 spiro atoms. The average molecular weight is 303 g/mol. The van der Waals surface area contributed by atoms with E-state index in [0.29, 0.717) is 17.1 Å². The van der Waals surface area contributed by atoms with Gasteiger partial charge in [-0.15, -0.1) is 0 Å². The lowest BCUT2D eigenvalue weighted by molar-refractivity contribution is 0.0601. The van der Waals surface area contributed by atoms with Crippen molar-refractivity contribution in [3.05, 3.63) is 47.7 Å². The van der Waals surface area contributed by atoms with E-state index in [9.17, 15) is 4.79 Å². The van der Waals surface area contributed by atoms with Gasteiger partial charge in [-0.05, 0) is 36.5 Å². The molecule has 1 heterocycles. The molecule has 6 nitrogen and oxygen atoms in total. The number of hydrazone groups is 1. The zero-order valence-corrected chi connectivity index (χ0v) is 12.0. The number of hydrogen-bond donors (Lipinski definition) is 2. The fraction of sp³-hybridized carbons (Fsp3) is 0.0714. The number of nitrogens with two attached hydrogens (primary N) is 1. The van der Waals surface area contributed by atoms with Gasteiger partial charge >= 0.3 is 5.97 Å². The van der Waals surface area contributed by atoms with Crippen molar-refractivity contribution in [3.63, 3.8) is 0 Å². The third kappa shape index (κ3) is 3.90. The Morgan fingerprint density at radius 1 is 1.43 bits per heavy atom. The fourth-order valence-electron chi connectivity index (χ4n) is 1.65. The van der Waals surface area contributed by atoms with Crippen molar-refractivity contribution in [2.75, 3.05) is 7.11 Å². The SMILES string of the molecule is COC(=O)c1cccc(-c2ccc(/C=N\NC(N)=S)o2)c1. The normalized spacial score (nSPS) is 10.5. The molecule has 0 radical (unpaired) electrons. The Hall–Kier alpha value is -2.67. The molecular formula is C14H13N3O3S. The molecule has 2 rings (SSSR count). The molecule has 1 aromatic carbocycles. The van der Waals surface area contributed by atoms with Gasteiger partial charge in [-0.25, -0.2) is 4.79 Å². The average Bonchev–Trinajstić information content (AvgIpc) is 2.95. The second-order valence-corrected chi connectivity index (χ2v) is 4.45. The minimum Gasteiger partial charge on any atom is -0.465 e. The van der Waals surface area contributed by atoms with Crippen molar-refractivity contribution in [2.24, 2.45) is 10.8 Å². The third-order valence-corrected chi connectivity index (χ3v) is 2.65. The molecule has 1 aromatic heterocycles. The molecule has 0 bridgehead atoms. The third-order valence-electron chi connectivity index (χ3n) is 2.56. The van der Waals surface area contributed by atoms with Gasteiger partial charge in [0, 0.05) is 5.56 Å². The molecule has 0 unspecified atom stereocenters. The van der Waals surface area contributed by atoms with Crippen molar-refractivity contribution in [1.82, 2.24) is 5.43 Å². The fourth-order valence-corrected chi connectivity index (χ4v) is 1.71. The predicted octanol–water partition coefficient (Wildman–Crippen LogP) is 1.90. The van der Waals surface area contributed by atoms with Crippen molar-refractivity contribution < 1.29 is 13.9 Å². The van der Waals surface area contributed by atoms with Crippen molar-refractivity contribution in [2.45, 2.75) is 0 Å². The number of carbonyl (C=O) groups excluding carboxylic acids is 1. The number of methoxy groups -OCH3 is 1. The first-order chi connectivity index (χ1) is 10.1. The highest BCUT2D eigenvalue weighted by atomic mass is 32.1. The maximum absolute atomic E-state index is 11.5. The molecule has 0 aliphatic carbocycles. The first-order valence-corrected chi connectivity index (χ1v) is 6.38. The lowest BCUT2D eigenvalue weighted by atomic mass is 10.1. The lowest BCUT2D eigenvalue weighted by Crippen LogP contribution is -2.23. The van der Waals surface area contributed by atoms with Crippen molar-refractivity contribution >= 4 is 29.5 Å². The van der Waals surface area contributed by atoms with Gasteiger partial charge < -0.3 is 14.9 Å². The molecule has 0 aliphatic rings. The first-order valence-electron chi connectivity index (χ1n) is 5.97. The Balaban J connectivity index is 2.19. The Labute approximate surface area is 126 Å². The van der Waals surface area contributed by atoms with Crippen LogP contribution in [0.3, 0.4) is 0 Å². The predicted molar refractivity (Wildman–Crippen MR) is 83.0 cm³/mol. The van der Waals surface area contributed by atoms with E-state index in [2.05, 4.69) is 27.5 Å². The number of carbonyl (C=O) groups is 1. The summed E-state index contributed by atoms with van der Waals surface area (Å²) in [7, 11) is 1.34. The number of hydrogen-bond acceptors (Lipinski definition) is 5. The maximum Gasteiger partial charge on any atom is 0.337 e. The second kappa shape index (κ2) is 6.67. The van der Waals surface area contributed by atoms with Crippen molar-refractivity contribution in [1.29, 1.82) is 0 Å². The summed E-state index contributed by atoms with van der Waals surface area (Å²) in [4.78, 5) is 11.5. The molecule has 108 valence electrons. The van der Waals surface area contributed by atoms with Crippen LogP contribution in [0, 0.1) is 0 Å². The van der Waals surface area contributed by atoms with Crippen molar-refractivity contribution in [3.8, 4) is 11.3 Å². The molecule has 3 N–H and O–H groups in total. The van der Waals surface area contributed by atoms with Crippen LogP contribution in [0.2, 0.25) is 0 Å². The monoisotopic (exact) mass is 303 g/mol. The number of thiocarbonyl (C=S) groups is 1. The molecule has 0 saturated carbocycles. The number of esters is 1. The van der Waals surface area contributed by atoms with Gasteiger partial charge in [0.2, 0.25) is 0 Å². The summed E-state index contributed by atoms with van der Waals surface area (Å²) >= 11 is 4.62. The molecule has 0 saturated heterocycles. The summed E-state index contributed by atoms with van der Waals surface area (Å²) in [6, 6.07) is 10.5. The molecular weight excluding hydrogens is 290 g/mol. The van der Waals surface area contributed by atoms with Crippen LogP contribution in [0.25, 0.3) is 11.3 Å². The molecule has 0 fully saturated rings. The van der Waals surface area contributed by atoms with Crippen LogP contribution in [0.15, 0.2) is 45.9 Å². The Morgan fingerprint density at radius 2 is 2.24 bits per heavy atom. The summed E-state index contributed by atoms with van der Waals surface area (Å²) in [6.07, 6.45) is 1.45. The minimum atomic E-state index is -0.397. The van der Waals surface area contributed by atoms with Crippen LogP contribution < -0.4 is 11.2 Å². The second-order valence-electron chi connectivity index (χ2n) is 4.01. The Morgan fingerprint density at radius 3 is 2.95 bits per heavy atom. The zero-order chi connectivity index (χ0) is 15.2. The quantitative estimate of drug-likeness (QED) is 0.388. The Kier molecular flexibility index (Phi) is 4.68. The van der Waals surface area contributed by atoms with E-state index in [1.54, 1.807) is 30.3 Å². The van der Waals surface area contributed by atoms with Crippen LogP contribution in [-0.2, 0) is 4.74 Å². The zero-order valence-electron chi connectivity index (χ0n) is 11.2. The smallest absolute Gasteiger partial charge is 0.337 e. The van der Waals surface area contributed by atoms with E-state index in [0.717, 1.165) is 5.56 Å². The number of rotatable bonds is 4. The van der Waals surface area contributed by atoms with Crippen LogP contribution in [0.1, 0.15) is 16.1 Å². The maximum atomic E-state index is 11.5. The van der Waals surface area contributed by atoms with E-state index in [-0.39, 0.29) is 5.11 Å². The summed E-state index contributed by atoms with van der Waals surface area (Å²) in [5, 5.41) is 3.87. The van der Waals surface area contributed by atoms with Crippen LogP contribution >= 0.6 is 12.2 Å². The molecule has 21 heavy (non-hydrogen) atoms. The highest BCUT2D eigenvalue weighted by molar-refractivity contribution is 7.80. The standard InChI is InChI=1S/C14H13N3O3S/c1-19-13(18)10-4-2-3-9(7-10)12-6-5-11(20-12)8-16-17-14(15)21/h2-8H,1H3,(H3,15,17,21)/b16-8-. The molecule has 0 atom stereocenters. The van der Waals surface area contributed by atoms with Gasteiger partial charge in [-0.2, -0.15) is 5.10 Å². The summed E-state index contributed by atoms with van der Waals surface area (Å²) < 4.78 is 10.3. The topological polar surface area (TPSA) is 89.8 Å². The van der Waals surface area contributed by atoms with Crippen LogP contribution in [0.4, 0.5) is 0 Å². The number of nitrogens with zero attached hydrogens (tertiary/aromatic N) is 1. The van der Waals surface area contributed by atoms with E-state index in [1.165, 1.54) is 13.3 Å². The lowest BCUT2D eigenvalue weighted by Gasteiger charge is -2.01. The minimum absolute atomic E-state index is 0.0730. The molecule has 0 aliphatic heterocycles. The number of nitrogens with one attached hydrogen (secondary N) is 1. The van der Waals surface area contributed by atoms with Gasteiger partial charge in [0.05, 0.1) is 18.9 Å². The van der Waals surface area contributed by atoms with E-state index < -0.39 is 5.97 Å². The van der Waals surface area contributed by atoms with Gasteiger partial charge in [0.1, 0.15) is 11.5 Å².